The summed E-state index contributed by atoms with van der Waals surface area (Å²) in [5.74, 6) is 0. The first-order chi connectivity index (χ1) is 9.81. The number of nitriles is 1. The molecule has 4 nitrogen and oxygen atoms in total. The van der Waals surface area contributed by atoms with Crippen LogP contribution in [0.5, 0.6) is 0 Å². The molecule has 2 heterocycles. The van der Waals surface area contributed by atoms with Crippen LogP contribution in [0.25, 0.3) is 10.2 Å². The van der Waals surface area contributed by atoms with Gasteiger partial charge >= 0.3 is 6.18 Å². The first-order valence-corrected chi connectivity index (χ1v) is 6.94. The van der Waals surface area contributed by atoms with Gasteiger partial charge < -0.3 is 10.0 Å². The summed E-state index contributed by atoms with van der Waals surface area (Å²) in [5, 5.41) is 19.1. The standard InChI is InChI=1S/C13H10F3N3OS/c14-13(15,16)8-1-2-10-9(5-8)18-11(21-10)19-6-12(20,7-19)3-4-17/h1-2,5,20H,3,6-7H2. The Hall–Kier alpha value is -1.85. The Balaban J connectivity index is 1.85. The molecule has 8 heteroatoms. The molecule has 0 aliphatic carbocycles. The molecule has 1 aromatic heterocycles. The van der Waals surface area contributed by atoms with Gasteiger partial charge in [-0.3, -0.25) is 0 Å². The molecule has 3 rings (SSSR count). The molecule has 1 N–H and O–H groups in total. The molecule has 0 atom stereocenters. The fourth-order valence-corrected chi connectivity index (χ4v) is 3.23. The van der Waals surface area contributed by atoms with E-state index in [0.717, 1.165) is 12.1 Å². The Morgan fingerprint density at radius 1 is 1.43 bits per heavy atom. The first-order valence-electron chi connectivity index (χ1n) is 6.13. The average molecular weight is 313 g/mol. The minimum absolute atomic E-state index is 0.0343. The highest BCUT2D eigenvalue weighted by atomic mass is 32.1. The molecule has 0 spiro atoms. The van der Waals surface area contributed by atoms with Crippen LogP contribution in [-0.4, -0.2) is 28.8 Å². The summed E-state index contributed by atoms with van der Waals surface area (Å²) in [7, 11) is 0. The van der Waals surface area contributed by atoms with Crippen molar-refractivity contribution in [2.24, 2.45) is 0 Å². The third-order valence-electron chi connectivity index (χ3n) is 3.35. The highest BCUT2D eigenvalue weighted by Crippen LogP contribution is 2.37. The van der Waals surface area contributed by atoms with E-state index in [9.17, 15) is 18.3 Å². The van der Waals surface area contributed by atoms with E-state index in [0.29, 0.717) is 15.3 Å². The van der Waals surface area contributed by atoms with E-state index < -0.39 is 17.3 Å². The highest BCUT2D eigenvalue weighted by molar-refractivity contribution is 7.22. The molecular weight excluding hydrogens is 303 g/mol. The number of halogens is 3. The minimum Gasteiger partial charge on any atom is -0.385 e. The van der Waals surface area contributed by atoms with Crippen molar-refractivity contribution < 1.29 is 18.3 Å². The smallest absolute Gasteiger partial charge is 0.385 e. The van der Waals surface area contributed by atoms with E-state index in [1.807, 2.05) is 6.07 Å². The molecule has 1 aromatic carbocycles. The monoisotopic (exact) mass is 313 g/mol. The van der Waals surface area contributed by atoms with Crippen LogP contribution < -0.4 is 4.90 Å². The van der Waals surface area contributed by atoms with Crippen molar-refractivity contribution in [3.8, 4) is 6.07 Å². The highest BCUT2D eigenvalue weighted by Gasteiger charge is 2.42. The number of aliphatic hydroxyl groups is 1. The van der Waals surface area contributed by atoms with Crippen LogP contribution in [0.4, 0.5) is 18.3 Å². The number of benzene rings is 1. The molecular formula is C13H10F3N3OS. The fraction of sp³-hybridized carbons (Fsp3) is 0.385. The molecule has 1 fully saturated rings. The van der Waals surface area contributed by atoms with E-state index >= 15 is 0 Å². The number of nitrogens with zero attached hydrogens (tertiary/aromatic N) is 3. The molecule has 2 aromatic rings. The number of β-amino-alcohol motifs (C(OH)–C–C–N with tert-alkyl or cyclic N) is 1. The fourth-order valence-electron chi connectivity index (χ4n) is 2.29. The number of aromatic nitrogens is 1. The third kappa shape index (κ3) is 2.54. The lowest BCUT2D eigenvalue weighted by Crippen LogP contribution is -2.61. The summed E-state index contributed by atoms with van der Waals surface area (Å²) in [5.41, 5.74) is -1.47. The molecule has 1 aliphatic heterocycles. The molecule has 0 radical (unpaired) electrons. The number of thiazole rings is 1. The summed E-state index contributed by atoms with van der Waals surface area (Å²) in [6.07, 6.45) is -4.35. The van der Waals surface area contributed by atoms with E-state index in [-0.39, 0.29) is 19.5 Å². The quantitative estimate of drug-likeness (QED) is 0.926. The second-order valence-electron chi connectivity index (χ2n) is 5.09. The molecule has 1 saturated heterocycles. The Morgan fingerprint density at radius 2 is 2.14 bits per heavy atom. The average Bonchev–Trinajstić information content (AvgIpc) is 2.77. The van der Waals surface area contributed by atoms with Crippen LogP contribution >= 0.6 is 11.3 Å². The molecule has 0 bridgehead atoms. The normalized spacial score (nSPS) is 17.6. The van der Waals surface area contributed by atoms with Crippen molar-refractivity contribution in [3.63, 3.8) is 0 Å². The Morgan fingerprint density at radius 3 is 2.76 bits per heavy atom. The third-order valence-corrected chi connectivity index (χ3v) is 4.45. The van der Waals surface area contributed by atoms with Gasteiger partial charge in [0.25, 0.3) is 0 Å². The van der Waals surface area contributed by atoms with Gasteiger partial charge in [0, 0.05) is 0 Å². The Bertz CT molecular complexity index is 728. The molecule has 1 aliphatic rings. The second kappa shape index (κ2) is 4.58. The minimum atomic E-state index is -4.39. The Labute approximate surface area is 122 Å². The van der Waals surface area contributed by atoms with Gasteiger partial charge in [0.15, 0.2) is 5.13 Å². The van der Waals surface area contributed by atoms with Crippen molar-refractivity contribution in [1.82, 2.24) is 4.98 Å². The van der Waals surface area contributed by atoms with Crippen molar-refractivity contribution in [2.75, 3.05) is 18.0 Å². The van der Waals surface area contributed by atoms with Gasteiger partial charge in [-0.2, -0.15) is 18.4 Å². The Kier molecular flexibility index (Phi) is 3.07. The largest absolute Gasteiger partial charge is 0.416 e. The van der Waals surface area contributed by atoms with Crippen molar-refractivity contribution in [3.05, 3.63) is 23.8 Å². The second-order valence-corrected chi connectivity index (χ2v) is 6.10. The summed E-state index contributed by atoms with van der Waals surface area (Å²) >= 11 is 1.27. The number of hydrogen-bond donors (Lipinski definition) is 1. The van der Waals surface area contributed by atoms with Crippen LogP contribution in [0, 0.1) is 11.3 Å². The van der Waals surface area contributed by atoms with Gasteiger partial charge in [-0.05, 0) is 18.2 Å². The van der Waals surface area contributed by atoms with E-state index in [2.05, 4.69) is 4.98 Å². The van der Waals surface area contributed by atoms with Crippen LogP contribution in [0.2, 0.25) is 0 Å². The maximum Gasteiger partial charge on any atom is 0.416 e. The molecule has 0 amide bonds. The maximum absolute atomic E-state index is 12.6. The summed E-state index contributed by atoms with van der Waals surface area (Å²) in [6.45, 7) is 0.541. The zero-order chi connectivity index (χ0) is 15.3. The van der Waals surface area contributed by atoms with E-state index in [4.69, 9.17) is 5.26 Å². The molecule has 0 unspecified atom stereocenters. The van der Waals surface area contributed by atoms with Crippen molar-refractivity contribution >= 4 is 26.7 Å². The number of fused-ring (bicyclic) bond motifs is 1. The summed E-state index contributed by atoms with van der Waals surface area (Å²) in [4.78, 5) is 5.94. The van der Waals surface area contributed by atoms with Crippen molar-refractivity contribution in [1.29, 1.82) is 5.26 Å². The summed E-state index contributed by atoms with van der Waals surface area (Å²) in [6, 6.07) is 5.38. The van der Waals surface area contributed by atoms with Crippen LogP contribution in [0.1, 0.15) is 12.0 Å². The van der Waals surface area contributed by atoms with Crippen LogP contribution in [0.3, 0.4) is 0 Å². The molecule has 110 valence electrons. The van der Waals surface area contributed by atoms with Gasteiger partial charge in [0.2, 0.25) is 0 Å². The number of anilines is 1. The number of hydrogen-bond acceptors (Lipinski definition) is 5. The molecule has 0 saturated carbocycles. The van der Waals surface area contributed by atoms with Crippen LogP contribution in [-0.2, 0) is 6.18 Å². The van der Waals surface area contributed by atoms with Gasteiger partial charge in [-0.15, -0.1) is 0 Å². The van der Waals surface area contributed by atoms with Crippen molar-refractivity contribution in [2.45, 2.75) is 18.2 Å². The first kappa shape index (κ1) is 14.1. The number of rotatable bonds is 2. The van der Waals surface area contributed by atoms with E-state index in [1.165, 1.54) is 17.4 Å². The topological polar surface area (TPSA) is 60.1 Å². The van der Waals surface area contributed by atoms with Gasteiger partial charge in [-0.1, -0.05) is 11.3 Å². The lowest BCUT2D eigenvalue weighted by molar-refractivity contribution is -0.137. The zero-order valence-corrected chi connectivity index (χ0v) is 11.5. The number of alkyl halides is 3. The SMILES string of the molecule is N#CCC1(O)CN(c2nc3cc(C(F)(F)F)ccc3s2)C1. The van der Waals surface area contributed by atoms with E-state index in [1.54, 1.807) is 4.90 Å². The van der Waals surface area contributed by atoms with Crippen LogP contribution in [0.15, 0.2) is 18.2 Å². The zero-order valence-electron chi connectivity index (χ0n) is 10.7. The lowest BCUT2D eigenvalue weighted by atomic mass is 9.92. The summed E-state index contributed by atoms with van der Waals surface area (Å²) < 4.78 is 38.6. The predicted octanol–water partition coefficient (Wildman–Crippen LogP) is 2.78. The predicted molar refractivity (Wildman–Crippen MR) is 72.0 cm³/mol. The lowest BCUT2D eigenvalue weighted by Gasteiger charge is -2.45. The van der Waals surface area contributed by atoms with Gasteiger partial charge in [-0.25, -0.2) is 4.98 Å². The van der Waals surface area contributed by atoms with Gasteiger partial charge in [0.1, 0.15) is 5.60 Å². The molecule has 21 heavy (non-hydrogen) atoms. The van der Waals surface area contributed by atoms with Gasteiger partial charge in [0.05, 0.1) is 41.4 Å². The maximum atomic E-state index is 12.6.